The quantitative estimate of drug-likeness (QED) is 0.630. The summed E-state index contributed by atoms with van der Waals surface area (Å²) in [4.78, 5) is 3.79. The molecule has 1 aromatic carbocycles. The van der Waals surface area contributed by atoms with Gasteiger partial charge in [0.2, 0.25) is 0 Å². The highest BCUT2D eigenvalue weighted by molar-refractivity contribution is 9.10. The van der Waals surface area contributed by atoms with Crippen LogP contribution in [-0.2, 0) is 15.0 Å². The lowest BCUT2D eigenvalue weighted by Crippen LogP contribution is -2.55. The number of benzene rings is 1. The van der Waals surface area contributed by atoms with E-state index in [2.05, 4.69) is 20.8 Å². The molecule has 1 aromatic rings. The Kier molecular flexibility index (Phi) is 3.26. The van der Waals surface area contributed by atoms with Crippen molar-refractivity contribution in [3.8, 4) is 0 Å². The van der Waals surface area contributed by atoms with Crippen LogP contribution in [0.1, 0.15) is 18.4 Å². The summed E-state index contributed by atoms with van der Waals surface area (Å²) in [6, 6.07) is 7.89. The first kappa shape index (κ1) is 12.6. The van der Waals surface area contributed by atoms with Crippen molar-refractivity contribution in [3.05, 3.63) is 45.7 Å². The molecule has 0 unspecified atom stereocenters. The summed E-state index contributed by atoms with van der Waals surface area (Å²) >= 11 is 3.40. The number of hydrogen-bond donors (Lipinski definition) is 0. The summed E-state index contributed by atoms with van der Waals surface area (Å²) in [5.74, 6) is -0.586. The van der Waals surface area contributed by atoms with Crippen LogP contribution in [0.5, 0.6) is 0 Å². The van der Waals surface area contributed by atoms with Gasteiger partial charge in [-0.15, -0.1) is 0 Å². The Hall–Kier alpha value is -0.890. The molecule has 0 spiro atoms. The first-order chi connectivity index (χ1) is 8.10. The maximum absolute atomic E-state index is 7.43. The second-order valence-electron chi connectivity index (χ2n) is 4.32. The van der Waals surface area contributed by atoms with Gasteiger partial charge in [0, 0.05) is 24.3 Å². The third kappa shape index (κ3) is 1.99. The molecule has 0 saturated heterocycles. The average Bonchev–Trinajstić information content (AvgIpc) is 2.32. The van der Waals surface area contributed by atoms with Crippen molar-refractivity contribution in [1.29, 1.82) is 0 Å². The highest BCUT2D eigenvalue weighted by atomic mass is 79.9. The maximum Gasteiger partial charge on any atom is 0.267 e. The molecule has 1 fully saturated rings. The van der Waals surface area contributed by atoms with Crippen molar-refractivity contribution in [3.63, 3.8) is 0 Å². The largest absolute Gasteiger partial charge is 0.352 e. The Morgan fingerprint density at radius 1 is 1.18 bits per heavy atom. The van der Waals surface area contributed by atoms with E-state index in [1.807, 2.05) is 24.3 Å². The summed E-state index contributed by atoms with van der Waals surface area (Å²) in [6.45, 7) is 7.43. The Morgan fingerprint density at radius 3 is 2.12 bits per heavy atom. The average molecular weight is 296 g/mol. The zero-order chi connectivity index (χ0) is 12.5. The van der Waals surface area contributed by atoms with Gasteiger partial charge in [-0.25, -0.2) is 6.57 Å². The molecule has 0 heterocycles. The van der Waals surface area contributed by atoms with Crippen LogP contribution < -0.4 is 0 Å². The van der Waals surface area contributed by atoms with Crippen LogP contribution in [0.4, 0.5) is 0 Å². The third-order valence-electron chi connectivity index (χ3n) is 3.46. The van der Waals surface area contributed by atoms with E-state index >= 15 is 0 Å². The highest BCUT2D eigenvalue weighted by Gasteiger charge is 2.63. The van der Waals surface area contributed by atoms with Crippen LogP contribution in [0.15, 0.2) is 28.7 Å². The second-order valence-corrected chi connectivity index (χ2v) is 5.24. The number of halogens is 1. The van der Waals surface area contributed by atoms with E-state index in [1.165, 1.54) is 0 Å². The molecule has 0 aliphatic heterocycles. The Balaban J connectivity index is 2.26. The molecule has 0 aromatic heterocycles. The van der Waals surface area contributed by atoms with Crippen LogP contribution in [0.3, 0.4) is 0 Å². The van der Waals surface area contributed by atoms with Gasteiger partial charge in [0.05, 0.1) is 12.8 Å². The van der Waals surface area contributed by atoms with Crippen molar-refractivity contribution >= 4 is 15.9 Å². The first-order valence-electron chi connectivity index (χ1n) is 5.35. The predicted octanol–water partition coefficient (Wildman–Crippen LogP) is 3.35. The molecule has 1 aliphatic rings. The number of nitrogens with zero attached hydrogens (tertiary/aromatic N) is 1. The van der Waals surface area contributed by atoms with Crippen LogP contribution >= 0.6 is 15.9 Å². The van der Waals surface area contributed by atoms with E-state index in [4.69, 9.17) is 16.0 Å². The number of methoxy groups -OCH3 is 2. The van der Waals surface area contributed by atoms with Crippen molar-refractivity contribution < 1.29 is 9.47 Å². The molecular formula is C13H14BrNO2. The van der Waals surface area contributed by atoms with Crippen molar-refractivity contribution in [1.82, 2.24) is 0 Å². The van der Waals surface area contributed by atoms with E-state index in [0.29, 0.717) is 12.8 Å². The van der Waals surface area contributed by atoms with Gasteiger partial charge < -0.3 is 14.3 Å². The van der Waals surface area contributed by atoms with Gasteiger partial charge in [0.15, 0.2) is 5.79 Å². The zero-order valence-electron chi connectivity index (χ0n) is 9.87. The molecule has 3 nitrogen and oxygen atoms in total. The predicted molar refractivity (Wildman–Crippen MR) is 68.4 cm³/mol. The van der Waals surface area contributed by atoms with Gasteiger partial charge in [-0.1, -0.05) is 15.9 Å². The fraction of sp³-hybridized carbons (Fsp3) is 0.462. The molecule has 90 valence electrons. The molecule has 0 atom stereocenters. The van der Waals surface area contributed by atoms with Gasteiger partial charge in [-0.3, -0.25) is 0 Å². The van der Waals surface area contributed by atoms with E-state index in [9.17, 15) is 0 Å². The maximum atomic E-state index is 7.43. The lowest BCUT2D eigenvalue weighted by molar-refractivity contribution is -0.271. The van der Waals surface area contributed by atoms with Crippen LogP contribution in [0, 0.1) is 6.57 Å². The molecular weight excluding hydrogens is 282 g/mol. The molecule has 2 rings (SSSR count). The number of hydrogen-bond acceptors (Lipinski definition) is 2. The zero-order valence-corrected chi connectivity index (χ0v) is 11.5. The molecule has 4 heteroatoms. The summed E-state index contributed by atoms with van der Waals surface area (Å²) in [5.41, 5.74) is 0.535. The van der Waals surface area contributed by atoms with Gasteiger partial charge in [0.25, 0.3) is 5.54 Å². The minimum absolute atomic E-state index is 0.493. The Labute approximate surface area is 110 Å². The molecule has 1 saturated carbocycles. The molecule has 0 amide bonds. The van der Waals surface area contributed by atoms with Gasteiger partial charge in [-0.05, 0) is 24.3 Å². The first-order valence-corrected chi connectivity index (χ1v) is 6.14. The lowest BCUT2D eigenvalue weighted by atomic mass is 9.67. The normalized spacial score (nSPS) is 20.4. The van der Waals surface area contributed by atoms with Gasteiger partial charge in [-0.2, -0.15) is 0 Å². The Morgan fingerprint density at radius 2 is 1.71 bits per heavy atom. The molecule has 0 bridgehead atoms. The summed E-state index contributed by atoms with van der Waals surface area (Å²) in [6.07, 6.45) is 1.16. The molecule has 0 radical (unpaired) electrons. The van der Waals surface area contributed by atoms with Gasteiger partial charge in [0.1, 0.15) is 0 Å². The molecule has 17 heavy (non-hydrogen) atoms. The topological polar surface area (TPSA) is 22.8 Å². The van der Waals surface area contributed by atoms with E-state index < -0.39 is 11.3 Å². The van der Waals surface area contributed by atoms with Crippen LogP contribution in [0.25, 0.3) is 4.85 Å². The van der Waals surface area contributed by atoms with Crippen molar-refractivity contribution in [2.45, 2.75) is 24.2 Å². The number of ether oxygens (including phenoxy) is 2. The lowest BCUT2D eigenvalue weighted by Gasteiger charge is -2.46. The smallest absolute Gasteiger partial charge is 0.267 e. The van der Waals surface area contributed by atoms with Crippen molar-refractivity contribution in [2.75, 3.05) is 14.2 Å². The van der Waals surface area contributed by atoms with E-state index in [0.717, 1.165) is 10.0 Å². The second kappa shape index (κ2) is 4.41. The van der Waals surface area contributed by atoms with Crippen molar-refractivity contribution in [2.24, 2.45) is 0 Å². The van der Waals surface area contributed by atoms with E-state index in [1.54, 1.807) is 14.2 Å². The SMILES string of the molecule is [C-]#[N+]C1(c2ccc(Br)cc2)CC(OC)(OC)C1. The standard InChI is InChI=1S/C13H14BrNO2/c1-15-12(8-13(9-12,16-2)17-3)10-4-6-11(14)7-5-10/h4-7H,8-9H2,2-3H3. The summed E-state index contributed by atoms with van der Waals surface area (Å²) in [7, 11) is 3.25. The Bertz CT molecular complexity index is 437. The van der Waals surface area contributed by atoms with E-state index in [-0.39, 0.29) is 0 Å². The molecule has 0 N–H and O–H groups in total. The van der Waals surface area contributed by atoms with Gasteiger partial charge >= 0.3 is 0 Å². The highest BCUT2D eigenvalue weighted by Crippen LogP contribution is 2.53. The van der Waals surface area contributed by atoms with Crippen LogP contribution in [0.2, 0.25) is 0 Å². The fourth-order valence-electron chi connectivity index (χ4n) is 2.32. The minimum atomic E-state index is -0.586. The van der Waals surface area contributed by atoms with Crippen LogP contribution in [-0.4, -0.2) is 20.0 Å². The summed E-state index contributed by atoms with van der Waals surface area (Å²) < 4.78 is 11.7. The number of rotatable bonds is 3. The summed E-state index contributed by atoms with van der Waals surface area (Å²) in [5, 5.41) is 0. The molecule has 1 aliphatic carbocycles. The monoisotopic (exact) mass is 295 g/mol. The third-order valence-corrected chi connectivity index (χ3v) is 3.99. The minimum Gasteiger partial charge on any atom is -0.352 e. The fourth-order valence-corrected chi connectivity index (χ4v) is 2.58.